The molecule has 2 amide bonds. The summed E-state index contributed by atoms with van der Waals surface area (Å²) in [6.07, 6.45) is 4.48. The molecule has 1 aromatic carbocycles. The highest BCUT2D eigenvalue weighted by atomic mass is 16.2. The molecular weight excluding hydrogens is 288 g/mol. The summed E-state index contributed by atoms with van der Waals surface area (Å²) in [6.45, 7) is 7.08. The summed E-state index contributed by atoms with van der Waals surface area (Å²) in [5, 5.41) is 2.95. The van der Waals surface area contributed by atoms with E-state index in [0.29, 0.717) is 19.5 Å². The molecule has 4 heteroatoms. The zero-order chi connectivity index (χ0) is 17.1. The Morgan fingerprint density at radius 3 is 2.39 bits per heavy atom. The predicted molar refractivity (Wildman–Crippen MR) is 93.9 cm³/mol. The summed E-state index contributed by atoms with van der Waals surface area (Å²) >= 11 is 0. The van der Waals surface area contributed by atoms with E-state index in [-0.39, 0.29) is 11.8 Å². The maximum atomic E-state index is 12.4. The Labute approximate surface area is 140 Å². The summed E-state index contributed by atoms with van der Waals surface area (Å²) in [5.41, 5.74) is 1.04. The van der Waals surface area contributed by atoms with Crippen LogP contribution in [0.5, 0.6) is 0 Å². The predicted octanol–water partition coefficient (Wildman–Crippen LogP) is 3.51. The summed E-state index contributed by atoms with van der Waals surface area (Å²) < 4.78 is 0. The van der Waals surface area contributed by atoms with Gasteiger partial charge < -0.3 is 10.2 Å². The number of nitrogens with one attached hydrogen (secondary N) is 1. The molecule has 1 N–H and O–H groups in total. The van der Waals surface area contributed by atoms with Crippen molar-refractivity contribution in [1.82, 2.24) is 10.2 Å². The molecule has 0 fully saturated rings. The van der Waals surface area contributed by atoms with Gasteiger partial charge in [-0.3, -0.25) is 9.59 Å². The van der Waals surface area contributed by atoms with E-state index in [1.54, 1.807) is 4.90 Å². The molecule has 128 valence electrons. The van der Waals surface area contributed by atoms with E-state index in [9.17, 15) is 9.59 Å². The van der Waals surface area contributed by atoms with E-state index in [4.69, 9.17) is 0 Å². The molecule has 0 aliphatic rings. The van der Waals surface area contributed by atoms with Crippen molar-refractivity contribution in [2.45, 2.75) is 65.5 Å². The Morgan fingerprint density at radius 1 is 1.09 bits per heavy atom. The van der Waals surface area contributed by atoms with E-state index in [1.165, 1.54) is 0 Å². The standard InChI is InChI=1S/C19H30N2O2/c1-4-6-10-14-20-19(23)16(3)21(18(22)11-5-2)15-17-12-8-7-9-13-17/h7-9,12-13,16H,4-6,10-11,14-15H2,1-3H3,(H,20,23). The Bertz CT molecular complexity index is 474. The molecule has 0 aromatic heterocycles. The summed E-state index contributed by atoms with van der Waals surface area (Å²) in [6, 6.07) is 9.37. The van der Waals surface area contributed by atoms with Gasteiger partial charge in [0.05, 0.1) is 0 Å². The van der Waals surface area contributed by atoms with Crippen LogP contribution in [0, 0.1) is 0 Å². The van der Waals surface area contributed by atoms with Crippen LogP contribution < -0.4 is 5.32 Å². The van der Waals surface area contributed by atoms with Crippen LogP contribution in [0.1, 0.15) is 58.4 Å². The third-order valence-electron chi connectivity index (χ3n) is 3.91. The van der Waals surface area contributed by atoms with Crippen molar-refractivity contribution in [1.29, 1.82) is 0 Å². The average molecular weight is 318 g/mol. The summed E-state index contributed by atoms with van der Waals surface area (Å²) in [7, 11) is 0. The van der Waals surface area contributed by atoms with E-state index < -0.39 is 6.04 Å². The van der Waals surface area contributed by atoms with Gasteiger partial charge in [-0.05, 0) is 25.3 Å². The van der Waals surface area contributed by atoms with E-state index in [2.05, 4.69) is 12.2 Å². The number of hydrogen-bond donors (Lipinski definition) is 1. The molecule has 23 heavy (non-hydrogen) atoms. The molecule has 1 aromatic rings. The fourth-order valence-electron chi connectivity index (χ4n) is 2.45. The smallest absolute Gasteiger partial charge is 0.242 e. The van der Waals surface area contributed by atoms with Crippen molar-refractivity contribution in [3.8, 4) is 0 Å². The van der Waals surface area contributed by atoms with Crippen LogP contribution in [0.4, 0.5) is 0 Å². The zero-order valence-corrected chi connectivity index (χ0v) is 14.7. The Hall–Kier alpha value is -1.84. The summed E-state index contributed by atoms with van der Waals surface area (Å²) in [4.78, 5) is 26.4. The van der Waals surface area contributed by atoms with Gasteiger partial charge in [-0.15, -0.1) is 0 Å². The second-order valence-electron chi connectivity index (χ2n) is 5.93. The molecule has 0 heterocycles. The van der Waals surface area contributed by atoms with Gasteiger partial charge in [0.1, 0.15) is 6.04 Å². The molecular formula is C19H30N2O2. The van der Waals surface area contributed by atoms with Crippen molar-refractivity contribution in [2.75, 3.05) is 6.54 Å². The lowest BCUT2D eigenvalue weighted by Gasteiger charge is -2.28. The molecule has 1 rings (SSSR count). The maximum absolute atomic E-state index is 12.4. The molecule has 0 radical (unpaired) electrons. The molecule has 0 bridgehead atoms. The second kappa shape index (κ2) is 10.8. The lowest BCUT2D eigenvalue weighted by Crippen LogP contribution is -2.47. The van der Waals surface area contributed by atoms with Crippen LogP contribution in [0.15, 0.2) is 30.3 Å². The van der Waals surface area contributed by atoms with Crippen LogP contribution in [0.2, 0.25) is 0 Å². The highest BCUT2D eigenvalue weighted by molar-refractivity contribution is 5.87. The average Bonchev–Trinajstić information content (AvgIpc) is 2.57. The number of carbonyl (C=O) groups is 2. The highest BCUT2D eigenvalue weighted by Crippen LogP contribution is 2.11. The first-order valence-electron chi connectivity index (χ1n) is 8.71. The zero-order valence-electron chi connectivity index (χ0n) is 14.7. The van der Waals surface area contributed by atoms with Gasteiger partial charge in [0.15, 0.2) is 0 Å². The first-order valence-corrected chi connectivity index (χ1v) is 8.71. The molecule has 0 spiro atoms. The number of rotatable bonds is 10. The maximum Gasteiger partial charge on any atom is 0.242 e. The van der Waals surface area contributed by atoms with Gasteiger partial charge in [-0.2, -0.15) is 0 Å². The van der Waals surface area contributed by atoms with Gasteiger partial charge in [-0.25, -0.2) is 0 Å². The van der Waals surface area contributed by atoms with E-state index in [1.807, 2.05) is 44.2 Å². The fourth-order valence-corrected chi connectivity index (χ4v) is 2.45. The second-order valence-corrected chi connectivity index (χ2v) is 5.93. The Balaban J connectivity index is 2.70. The van der Waals surface area contributed by atoms with Crippen LogP contribution >= 0.6 is 0 Å². The third kappa shape index (κ3) is 6.85. The van der Waals surface area contributed by atoms with Gasteiger partial charge in [0, 0.05) is 19.5 Å². The number of carbonyl (C=O) groups excluding carboxylic acids is 2. The van der Waals surface area contributed by atoms with E-state index >= 15 is 0 Å². The molecule has 0 saturated carbocycles. The number of hydrogen-bond acceptors (Lipinski definition) is 2. The molecule has 1 atom stereocenters. The minimum atomic E-state index is -0.448. The molecule has 0 aliphatic heterocycles. The van der Waals surface area contributed by atoms with E-state index in [0.717, 1.165) is 31.2 Å². The van der Waals surface area contributed by atoms with Gasteiger partial charge >= 0.3 is 0 Å². The van der Waals surface area contributed by atoms with Crippen LogP contribution in [0.3, 0.4) is 0 Å². The number of benzene rings is 1. The Morgan fingerprint density at radius 2 is 1.78 bits per heavy atom. The minimum Gasteiger partial charge on any atom is -0.354 e. The highest BCUT2D eigenvalue weighted by Gasteiger charge is 2.25. The lowest BCUT2D eigenvalue weighted by atomic mass is 10.1. The van der Waals surface area contributed by atoms with Crippen molar-refractivity contribution in [2.24, 2.45) is 0 Å². The van der Waals surface area contributed by atoms with Crippen molar-refractivity contribution < 1.29 is 9.59 Å². The number of unbranched alkanes of at least 4 members (excludes halogenated alkanes) is 2. The SMILES string of the molecule is CCCCCNC(=O)C(C)N(Cc1ccccc1)C(=O)CCC. The Kier molecular flexibility index (Phi) is 9.03. The molecule has 1 unspecified atom stereocenters. The molecule has 0 aliphatic carbocycles. The van der Waals surface area contributed by atoms with Gasteiger partial charge in [0.25, 0.3) is 0 Å². The molecule has 4 nitrogen and oxygen atoms in total. The van der Waals surface area contributed by atoms with Crippen LogP contribution in [-0.4, -0.2) is 29.3 Å². The quantitative estimate of drug-likeness (QED) is 0.671. The van der Waals surface area contributed by atoms with Crippen molar-refractivity contribution in [3.63, 3.8) is 0 Å². The lowest BCUT2D eigenvalue weighted by molar-refractivity contribution is -0.140. The van der Waals surface area contributed by atoms with Gasteiger partial charge in [-0.1, -0.05) is 57.0 Å². The summed E-state index contributed by atoms with van der Waals surface area (Å²) in [5.74, 6) is -0.0333. The van der Waals surface area contributed by atoms with Crippen LogP contribution in [0.25, 0.3) is 0 Å². The monoisotopic (exact) mass is 318 g/mol. The first kappa shape index (κ1) is 19.2. The van der Waals surface area contributed by atoms with Gasteiger partial charge in [0.2, 0.25) is 11.8 Å². The number of amides is 2. The fraction of sp³-hybridized carbons (Fsp3) is 0.579. The number of nitrogens with zero attached hydrogens (tertiary/aromatic N) is 1. The normalized spacial score (nSPS) is 11.8. The van der Waals surface area contributed by atoms with Crippen molar-refractivity contribution >= 4 is 11.8 Å². The van der Waals surface area contributed by atoms with Crippen molar-refractivity contribution in [3.05, 3.63) is 35.9 Å². The van der Waals surface area contributed by atoms with Crippen LogP contribution in [-0.2, 0) is 16.1 Å². The first-order chi connectivity index (χ1) is 11.1. The molecule has 0 saturated heterocycles. The topological polar surface area (TPSA) is 49.4 Å². The largest absolute Gasteiger partial charge is 0.354 e. The minimum absolute atomic E-state index is 0.0348. The third-order valence-corrected chi connectivity index (χ3v) is 3.91.